The predicted octanol–water partition coefficient (Wildman–Crippen LogP) is 3.98. The molecule has 1 aliphatic heterocycles. The van der Waals surface area contributed by atoms with E-state index in [1.54, 1.807) is 6.08 Å². The molecule has 130 valence electrons. The zero-order valence-electron chi connectivity index (χ0n) is 13.7. The number of rotatable bonds is 5. The molecule has 2 aromatic rings. The summed E-state index contributed by atoms with van der Waals surface area (Å²) in [4.78, 5) is 35.6. The Morgan fingerprint density at radius 3 is 2.12 bits per heavy atom. The van der Waals surface area contributed by atoms with E-state index >= 15 is 0 Å². The average molecular weight is 365 g/mol. The molecule has 0 aromatic heterocycles. The second-order valence-corrected chi connectivity index (χ2v) is 6.57. The molecule has 0 unspecified atom stereocenters. The fraction of sp³-hybridized carbons (Fsp3) is 0.0500. The molecule has 0 bridgehead atoms. The number of carboxylic acid groups (broad SMARTS) is 1. The highest BCUT2D eigenvalue weighted by Gasteiger charge is 2.36. The highest BCUT2D eigenvalue weighted by atomic mass is 32.2. The largest absolute Gasteiger partial charge is 0.480 e. The lowest BCUT2D eigenvalue weighted by Crippen LogP contribution is -2.33. The smallest absolute Gasteiger partial charge is 0.323 e. The van der Waals surface area contributed by atoms with Crippen LogP contribution in [0.15, 0.2) is 59.5 Å². The summed E-state index contributed by atoms with van der Waals surface area (Å²) < 4.78 is 0. The molecule has 5 nitrogen and oxygen atoms in total. The SMILES string of the molecule is O=C(O)CN1C(=O)S/C(=C\c2ccc(/C=C/c3ccccc3)cc2)C1=O. The standard InChI is InChI=1S/C20H15NO4S/c22-18(23)13-21-19(24)17(26-20(21)25)12-16-10-8-15(9-11-16)7-6-14-4-2-1-3-5-14/h1-12H,13H2,(H,22,23)/b7-6+,17-12-. The van der Waals surface area contributed by atoms with Gasteiger partial charge in [0.1, 0.15) is 6.54 Å². The van der Waals surface area contributed by atoms with Crippen LogP contribution in [0.5, 0.6) is 0 Å². The van der Waals surface area contributed by atoms with Crippen LogP contribution in [0.2, 0.25) is 0 Å². The maximum Gasteiger partial charge on any atom is 0.323 e. The maximum absolute atomic E-state index is 12.1. The number of imide groups is 1. The lowest BCUT2D eigenvalue weighted by atomic mass is 10.1. The number of benzene rings is 2. The second-order valence-electron chi connectivity index (χ2n) is 5.57. The van der Waals surface area contributed by atoms with E-state index < -0.39 is 23.7 Å². The normalized spacial score (nSPS) is 16.0. The number of aliphatic carboxylic acids is 1. The Bertz CT molecular complexity index is 901. The Morgan fingerprint density at radius 2 is 1.50 bits per heavy atom. The van der Waals surface area contributed by atoms with E-state index in [4.69, 9.17) is 5.11 Å². The van der Waals surface area contributed by atoms with Gasteiger partial charge in [0.25, 0.3) is 11.1 Å². The summed E-state index contributed by atoms with van der Waals surface area (Å²) in [5.41, 5.74) is 2.87. The van der Waals surface area contributed by atoms with Crippen LogP contribution < -0.4 is 0 Å². The molecule has 0 saturated carbocycles. The number of carboxylic acids is 1. The van der Waals surface area contributed by atoms with Crippen molar-refractivity contribution in [3.05, 3.63) is 76.2 Å². The lowest BCUT2D eigenvalue weighted by molar-refractivity contribution is -0.140. The van der Waals surface area contributed by atoms with Crippen LogP contribution >= 0.6 is 11.8 Å². The summed E-state index contributed by atoms with van der Waals surface area (Å²) in [6, 6.07) is 17.4. The molecular weight excluding hydrogens is 350 g/mol. The highest BCUT2D eigenvalue weighted by Crippen LogP contribution is 2.32. The fourth-order valence-corrected chi connectivity index (χ4v) is 3.22. The first-order valence-electron chi connectivity index (χ1n) is 7.83. The van der Waals surface area contributed by atoms with Gasteiger partial charge in [0.2, 0.25) is 0 Å². The Labute approximate surface area is 154 Å². The van der Waals surface area contributed by atoms with E-state index in [2.05, 4.69) is 0 Å². The van der Waals surface area contributed by atoms with Crippen molar-refractivity contribution in [2.75, 3.05) is 6.54 Å². The van der Waals surface area contributed by atoms with Gasteiger partial charge in [0.15, 0.2) is 0 Å². The minimum Gasteiger partial charge on any atom is -0.480 e. The van der Waals surface area contributed by atoms with Crippen molar-refractivity contribution in [1.29, 1.82) is 0 Å². The van der Waals surface area contributed by atoms with Gasteiger partial charge in [-0.2, -0.15) is 0 Å². The Kier molecular flexibility index (Phi) is 5.34. The summed E-state index contributed by atoms with van der Waals surface area (Å²) in [5, 5.41) is 8.20. The van der Waals surface area contributed by atoms with E-state index in [9.17, 15) is 14.4 Å². The fourth-order valence-electron chi connectivity index (χ4n) is 2.38. The number of amides is 2. The molecule has 0 atom stereocenters. The Morgan fingerprint density at radius 1 is 0.923 bits per heavy atom. The molecule has 26 heavy (non-hydrogen) atoms. The Hall–Kier alpha value is -3.12. The average Bonchev–Trinajstić information content (AvgIpc) is 2.89. The van der Waals surface area contributed by atoms with Crippen LogP contribution in [-0.4, -0.2) is 33.7 Å². The molecule has 0 radical (unpaired) electrons. The quantitative estimate of drug-likeness (QED) is 0.641. The first-order valence-corrected chi connectivity index (χ1v) is 8.65. The summed E-state index contributed by atoms with van der Waals surface area (Å²) in [7, 11) is 0. The molecule has 1 aliphatic rings. The van der Waals surface area contributed by atoms with Crippen molar-refractivity contribution in [2.24, 2.45) is 0 Å². The van der Waals surface area contributed by atoms with Crippen molar-refractivity contribution in [2.45, 2.75) is 0 Å². The van der Waals surface area contributed by atoms with E-state index in [0.717, 1.165) is 33.4 Å². The van der Waals surface area contributed by atoms with Gasteiger partial charge >= 0.3 is 5.97 Å². The van der Waals surface area contributed by atoms with Gasteiger partial charge in [0, 0.05) is 0 Å². The van der Waals surface area contributed by atoms with Crippen LogP contribution in [-0.2, 0) is 9.59 Å². The molecule has 0 spiro atoms. The molecule has 1 N–H and O–H groups in total. The maximum atomic E-state index is 12.1. The first-order chi connectivity index (χ1) is 12.5. The third-order valence-corrected chi connectivity index (χ3v) is 4.58. The topological polar surface area (TPSA) is 74.7 Å². The van der Waals surface area contributed by atoms with Crippen LogP contribution in [0.25, 0.3) is 18.2 Å². The minimum atomic E-state index is -1.22. The molecule has 2 amide bonds. The highest BCUT2D eigenvalue weighted by molar-refractivity contribution is 8.18. The van der Waals surface area contributed by atoms with Crippen LogP contribution in [0.4, 0.5) is 4.79 Å². The lowest BCUT2D eigenvalue weighted by Gasteiger charge is -2.07. The number of hydrogen-bond acceptors (Lipinski definition) is 4. The van der Waals surface area contributed by atoms with Crippen molar-refractivity contribution in [3.63, 3.8) is 0 Å². The summed E-state index contributed by atoms with van der Waals surface area (Å²) >= 11 is 0.752. The van der Waals surface area contributed by atoms with E-state index in [-0.39, 0.29) is 4.91 Å². The second kappa shape index (κ2) is 7.84. The zero-order valence-corrected chi connectivity index (χ0v) is 14.5. The van der Waals surface area contributed by atoms with Crippen molar-refractivity contribution in [1.82, 2.24) is 4.90 Å². The summed E-state index contributed by atoms with van der Waals surface area (Å²) in [5.74, 6) is -1.79. The third-order valence-electron chi connectivity index (χ3n) is 3.67. The van der Waals surface area contributed by atoms with Crippen molar-refractivity contribution >= 4 is 47.1 Å². The van der Waals surface area contributed by atoms with Crippen LogP contribution in [0.3, 0.4) is 0 Å². The molecule has 3 rings (SSSR count). The van der Waals surface area contributed by atoms with Crippen molar-refractivity contribution in [3.8, 4) is 0 Å². The number of nitrogens with zero attached hydrogens (tertiary/aromatic N) is 1. The zero-order chi connectivity index (χ0) is 18.5. The van der Waals surface area contributed by atoms with Gasteiger partial charge in [-0.05, 0) is 34.5 Å². The molecular formula is C20H15NO4S. The Balaban J connectivity index is 1.72. The first kappa shape index (κ1) is 17.7. The van der Waals surface area contributed by atoms with Crippen LogP contribution in [0.1, 0.15) is 16.7 Å². The van der Waals surface area contributed by atoms with Gasteiger partial charge in [-0.25, -0.2) is 0 Å². The molecule has 0 aliphatic carbocycles. The van der Waals surface area contributed by atoms with Crippen molar-refractivity contribution < 1.29 is 19.5 Å². The van der Waals surface area contributed by atoms with Gasteiger partial charge in [-0.1, -0.05) is 66.7 Å². The molecule has 1 fully saturated rings. The van der Waals surface area contributed by atoms with E-state index in [1.165, 1.54) is 0 Å². The van der Waals surface area contributed by atoms with Gasteiger partial charge in [-0.3, -0.25) is 19.3 Å². The molecule has 2 aromatic carbocycles. The van der Waals surface area contributed by atoms with E-state index in [1.807, 2.05) is 66.7 Å². The summed E-state index contributed by atoms with van der Waals surface area (Å²) in [6.07, 6.45) is 5.59. The number of carbonyl (C=O) groups excluding carboxylic acids is 2. The third kappa shape index (κ3) is 4.29. The molecule has 1 heterocycles. The number of hydrogen-bond donors (Lipinski definition) is 1. The van der Waals surface area contributed by atoms with Gasteiger partial charge in [-0.15, -0.1) is 0 Å². The molecule has 1 saturated heterocycles. The van der Waals surface area contributed by atoms with Crippen LogP contribution in [0, 0.1) is 0 Å². The number of thioether (sulfide) groups is 1. The summed E-state index contributed by atoms with van der Waals surface area (Å²) in [6.45, 7) is -0.620. The predicted molar refractivity (Wildman–Crippen MR) is 102 cm³/mol. The van der Waals surface area contributed by atoms with Gasteiger partial charge in [0.05, 0.1) is 4.91 Å². The minimum absolute atomic E-state index is 0.226. The monoisotopic (exact) mass is 365 g/mol. The van der Waals surface area contributed by atoms with E-state index in [0.29, 0.717) is 0 Å². The van der Waals surface area contributed by atoms with Gasteiger partial charge < -0.3 is 5.11 Å². The number of carbonyl (C=O) groups is 3. The molecule has 6 heteroatoms.